The van der Waals surface area contributed by atoms with Gasteiger partial charge in [-0.1, -0.05) is 36.4 Å². The van der Waals surface area contributed by atoms with Gasteiger partial charge < -0.3 is 10.0 Å². The van der Waals surface area contributed by atoms with Crippen LogP contribution in [0, 0.1) is 17.0 Å². The first kappa shape index (κ1) is 23.3. The van der Waals surface area contributed by atoms with Gasteiger partial charge in [0.1, 0.15) is 5.76 Å². The molecule has 36 heavy (non-hydrogen) atoms. The molecule has 8 nitrogen and oxygen atoms in total. The number of ketones is 1. The van der Waals surface area contributed by atoms with E-state index < -0.39 is 28.4 Å². The first-order valence-electron chi connectivity index (χ1n) is 11.8. The summed E-state index contributed by atoms with van der Waals surface area (Å²) in [5.41, 5.74) is 2.89. The van der Waals surface area contributed by atoms with Gasteiger partial charge in [-0.05, 0) is 55.2 Å². The number of benzene rings is 3. The van der Waals surface area contributed by atoms with Crippen LogP contribution in [0.2, 0.25) is 0 Å². The molecule has 2 heterocycles. The molecule has 5 rings (SSSR count). The van der Waals surface area contributed by atoms with Crippen LogP contribution in [0.1, 0.15) is 35.6 Å². The number of aliphatic hydroxyl groups is 1. The van der Waals surface area contributed by atoms with Gasteiger partial charge >= 0.3 is 0 Å². The monoisotopic (exact) mass is 483 g/mol. The normalized spacial score (nSPS) is 19.2. The first-order valence-corrected chi connectivity index (χ1v) is 11.8. The summed E-state index contributed by atoms with van der Waals surface area (Å²) in [6.45, 7) is 3.84. The van der Waals surface area contributed by atoms with Crippen molar-refractivity contribution in [3.63, 3.8) is 0 Å². The summed E-state index contributed by atoms with van der Waals surface area (Å²) >= 11 is 0. The van der Waals surface area contributed by atoms with Crippen molar-refractivity contribution >= 4 is 34.5 Å². The Morgan fingerprint density at radius 1 is 0.944 bits per heavy atom. The summed E-state index contributed by atoms with van der Waals surface area (Å²) in [7, 11) is 0. The number of hydrogen-bond acceptors (Lipinski definition) is 6. The average Bonchev–Trinajstić information content (AvgIpc) is 3.51. The number of amides is 1. The quantitative estimate of drug-likeness (QED) is 0.177. The Kier molecular flexibility index (Phi) is 6.01. The minimum atomic E-state index is -0.886. The highest BCUT2D eigenvalue weighted by molar-refractivity contribution is 6.51. The van der Waals surface area contributed by atoms with Crippen LogP contribution in [0.4, 0.5) is 17.1 Å². The van der Waals surface area contributed by atoms with E-state index in [4.69, 9.17) is 0 Å². The van der Waals surface area contributed by atoms with Crippen molar-refractivity contribution in [2.24, 2.45) is 0 Å². The van der Waals surface area contributed by atoms with Gasteiger partial charge in [-0.3, -0.25) is 24.6 Å². The highest BCUT2D eigenvalue weighted by Gasteiger charge is 2.47. The molecule has 0 bridgehead atoms. The van der Waals surface area contributed by atoms with Gasteiger partial charge in [-0.25, -0.2) is 0 Å². The number of nitro groups is 1. The second-order valence-electron chi connectivity index (χ2n) is 9.04. The molecule has 2 saturated heterocycles. The standard InChI is InChI=1S/C28H25N3O5/c1-18-7-2-3-10-23(18)25-24(26(32)19-8-6-9-22(17-19)31(35)36)27(33)28(34)30(25)21-13-11-20(12-14-21)29-15-4-5-16-29/h2-3,6-14,17,25,32H,4-5,15-16H2,1H3/b26-24+. The molecule has 2 fully saturated rings. The van der Waals surface area contributed by atoms with E-state index in [0.717, 1.165) is 37.2 Å². The zero-order chi connectivity index (χ0) is 25.4. The number of nitro benzene ring substituents is 1. The third-order valence-corrected chi connectivity index (χ3v) is 6.86. The summed E-state index contributed by atoms with van der Waals surface area (Å²) in [6, 6.07) is 19.4. The summed E-state index contributed by atoms with van der Waals surface area (Å²) in [6.07, 6.45) is 2.28. The van der Waals surface area contributed by atoms with Crippen molar-refractivity contribution in [2.75, 3.05) is 22.9 Å². The van der Waals surface area contributed by atoms with Crippen molar-refractivity contribution < 1.29 is 19.6 Å². The molecular formula is C28H25N3O5. The Bertz CT molecular complexity index is 1390. The minimum absolute atomic E-state index is 0.0987. The molecule has 182 valence electrons. The zero-order valence-electron chi connectivity index (χ0n) is 19.8. The largest absolute Gasteiger partial charge is 0.507 e. The van der Waals surface area contributed by atoms with Crippen molar-refractivity contribution in [2.45, 2.75) is 25.8 Å². The van der Waals surface area contributed by atoms with Crippen LogP contribution in [-0.4, -0.2) is 34.8 Å². The van der Waals surface area contributed by atoms with E-state index >= 15 is 0 Å². The third-order valence-electron chi connectivity index (χ3n) is 6.86. The van der Waals surface area contributed by atoms with E-state index in [-0.39, 0.29) is 16.8 Å². The Morgan fingerprint density at radius 3 is 2.28 bits per heavy atom. The second-order valence-corrected chi connectivity index (χ2v) is 9.04. The van der Waals surface area contributed by atoms with Crippen LogP contribution in [0.15, 0.2) is 78.4 Å². The molecular weight excluding hydrogens is 458 g/mol. The lowest BCUT2D eigenvalue weighted by Crippen LogP contribution is -2.29. The van der Waals surface area contributed by atoms with Gasteiger partial charge in [-0.2, -0.15) is 0 Å². The molecule has 2 aliphatic rings. The molecule has 0 radical (unpaired) electrons. The molecule has 0 saturated carbocycles. The van der Waals surface area contributed by atoms with Crippen LogP contribution in [0.3, 0.4) is 0 Å². The molecule has 1 N–H and O–H groups in total. The molecule has 0 spiro atoms. The molecule has 3 aromatic rings. The maximum absolute atomic E-state index is 13.4. The van der Waals surface area contributed by atoms with Gasteiger partial charge in [0.2, 0.25) is 0 Å². The van der Waals surface area contributed by atoms with Gasteiger partial charge in [-0.15, -0.1) is 0 Å². The number of anilines is 2. The highest BCUT2D eigenvalue weighted by atomic mass is 16.6. The molecule has 8 heteroatoms. The number of rotatable bonds is 5. The summed E-state index contributed by atoms with van der Waals surface area (Å²) in [4.78, 5) is 41.1. The van der Waals surface area contributed by atoms with E-state index in [1.165, 1.54) is 29.2 Å². The SMILES string of the molecule is Cc1ccccc1C1/C(=C(\O)c2cccc([N+](=O)[O-])c2)C(=O)C(=O)N1c1ccc(N2CCCC2)cc1. The maximum Gasteiger partial charge on any atom is 0.300 e. The summed E-state index contributed by atoms with van der Waals surface area (Å²) in [5.74, 6) is -2.04. The molecule has 2 aliphatic heterocycles. The fourth-order valence-electron chi connectivity index (χ4n) is 5.01. The fourth-order valence-corrected chi connectivity index (χ4v) is 5.01. The van der Waals surface area contributed by atoms with Crippen molar-refractivity contribution in [3.05, 3.63) is 105 Å². The van der Waals surface area contributed by atoms with Crippen LogP contribution >= 0.6 is 0 Å². The lowest BCUT2D eigenvalue weighted by Gasteiger charge is -2.27. The topological polar surface area (TPSA) is 104 Å². The number of aryl methyl sites for hydroxylation is 1. The number of hydrogen-bond donors (Lipinski definition) is 1. The number of Topliss-reactive ketones (excluding diaryl/α,β-unsaturated/α-hetero) is 1. The maximum atomic E-state index is 13.4. The van der Waals surface area contributed by atoms with Gasteiger partial charge in [0, 0.05) is 42.2 Å². The highest BCUT2D eigenvalue weighted by Crippen LogP contribution is 2.43. The van der Waals surface area contributed by atoms with Gasteiger partial charge in [0.15, 0.2) is 0 Å². The Hall–Kier alpha value is -4.46. The molecule has 0 aromatic heterocycles. The second kappa shape index (κ2) is 9.30. The van der Waals surface area contributed by atoms with E-state index in [1.54, 1.807) is 0 Å². The number of aliphatic hydroxyl groups excluding tert-OH is 1. The van der Waals surface area contributed by atoms with Gasteiger partial charge in [0.25, 0.3) is 17.4 Å². The average molecular weight is 484 g/mol. The molecule has 1 atom stereocenters. The van der Waals surface area contributed by atoms with Crippen LogP contribution < -0.4 is 9.80 Å². The van der Waals surface area contributed by atoms with Crippen LogP contribution in [-0.2, 0) is 9.59 Å². The minimum Gasteiger partial charge on any atom is -0.507 e. The lowest BCUT2D eigenvalue weighted by molar-refractivity contribution is -0.384. The third kappa shape index (κ3) is 4.00. The van der Waals surface area contributed by atoms with Crippen LogP contribution in [0.25, 0.3) is 5.76 Å². The number of nitrogens with zero attached hydrogens (tertiary/aromatic N) is 3. The van der Waals surface area contributed by atoms with E-state index in [0.29, 0.717) is 11.3 Å². The smallest absolute Gasteiger partial charge is 0.300 e. The summed E-state index contributed by atoms with van der Waals surface area (Å²) < 4.78 is 0. The Labute approximate surface area is 208 Å². The molecule has 3 aromatic carbocycles. The van der Waals surface area contributed by atoms with Crippen molar-refractivity contribution in [1.29, 1.82) is 0 Å². The van der Waals surface area contributed by atoms with E-state index in [1.807, 2.05) is 55.5 Å². The molecule has 1 unspecified atom stereocenters. The van der Waals surface area contributed by atoms with Gasteiger partial charge in [0.05, 0.1) is 16.5 Å². The summed E-state index contributed by atoms with van der Waals surface area (Å²) in [5, 5.41) is 22.5. The van der Waals surface area contributed by atoms with Crippen molar-refractivity contribution in [1.82, 2.24) is 0 Å². The van der Waals surface area contributed by atoms with Crippen molar-refractivity contribution in [3.8, 4) is 0 Å². The number of carbonyl (C=O) groups excluding carboxylic acids is 2. The Morgan fingerprint density at radius 2 is 1.61 bits per heavy atom. The predicted molar refractivity (Wildman–Crippen MR) is 137 cm³/mol. The predicted octanol–water partition coefficient (Wildman–Crippen LogP) is 5.13. The first-order chi connectivity index (χ1) is 17.4. The lowest BCUT2D eigenvalue weighted by atomic mass is 9.92. The Balaban J connectivity index is 1.65. The molecule has 1 amide bonds. The van der Waals surface area contributed by atoms with E-state index in [9.17, 15) is 24.8 Å². The van der Waals surface area contributed by atoms with Crippen LogP contribution in [0.5, 0.6) is 0 Å². The number of carbonyl (C=O) groups is 2. The molecule has 0 aliphatic carbocycles. The fraction of sp³-hybridized carbons (Fsp3) is 0.214. The number of non-ortho nitro benzene ring substituents is 1. The van der Waals surface area contributed by atoms with E-state index in [2.05, 4.69) is 4.90 Å². The zero-order valence-corrected chi connectivity index (χ0v) is 19.8.